The molecular weight excluding hydrogens is 404 g/mol. The zero-order valence-corrected chi connectivity index (χ0v) is 18.1. The third kappa shape index (κ3) is 4.23. The van der Waals surface area contributed by atoms with E-state index in [0.29, 0.717) is 19.6 Å². The van der Waals surface area contributed by atoms with E-state index in [1.807, 2.05) is 0 Å². The van der Waals surface area contributed by atoms with Crippen molar-refractivity contribution in [3.05, 3.63) is 48.0 Å². The quantitative estimate of drug-likeness (QED) is 0.601. The van der Waals surface area contributed by atoms with Gasteiger partial charge in [-0.3, -0.25) is 9.59 Å². The van der Waals surface area contributed by atoms with Crippen LogP contribution < -0.4 is 11.1 Å². The summed E-state index contributed by atoms with van der Waals surface area (Å²) >= 11 is 0. The molecule has 160 valence electrons. The minimum atomic E-state index is -3.68. The van der Waals surface area contributed by atoms with Gasteiger partial charge >= 0.3 is 0 Å². The summed E-state index contributed by atoms with van der Waals surface area (Å²) in [6.07, 6.45) is 0. The van der Waals surface area contributed by atoms with Crippen LogP contribution >= 0.6 is 0 Å². The summed E-state index contributed by atoms with van der Waals surface area (Å²) < 4.78 is 25.6. The molecule has 4 rings (SSSR count). The Morgan fingerprint density at radius 2 is 1.70 bits per heavy atom. The molecule has 9 heteroatoms. The van der Waals surface area contributed by atoms with Crippen LogP contribution in [0.1, 0.15) is 17.3 Å². The van der Waals surface area contributed by atoms with Crippen LogP contribution in [0.15, 0.2) is 47.4 Å². The lowest BCUT2D eigenvalue weighted by Crippen LogP contribution is -2.56. The van der Waals surface area contributed by atoms with Gasteiger partial charge in [0.1, 0.15) is 6.04 Å². The molecule has 30 heavy (non-hydrogen) atoms. The number of hydrogen-bond acceptors (Lipinski definition) is 6. The first-order chi connectivity index (χ1) is 14.1. The van der Waals surface area contributed by atoms with Gasteiger partial charge in [-0.05, 0) is 36.2 Å². The van der Waals surface area contributed by atoms with E-state index >= 15 is 0 Å². The summed E-state index contributed by atoms with van der Waals surface area (Å²) in [4.78, 5) is 26.0. The monoisotopic (exact) mass is 430 g/mol. The number of piperazine rings is 1. The molecule has 0 saturated carbocycles. The van der Waals surface area contributed by atoms with E-state index in [1.165, 1.54) is 55.2 Å². The zero-order valence-electron chi connectivity index (χ0n) is 17.3. The van der Waals surface area contributed by atoms with Crippen LogP contribution in [0, 0.1) is 0 Å². The predicted octanol–water partition coefficient (Wildman–Crippen LogP) is 1.19. The summed E-state index contributed by atoms with van der Waals surface area (Å²) in [6.45, 7) is 2.71. The van der Waals surface area contributed by atoms with Gasteiger partial charge < -0.3 is 16.0 Å². The molecule has 0 aromatic heterocycles. The van der Waals surface area contributed by atoms with Gasteiger partial charge in [-0.1, -0.05) is 24.3 Å². The molecule has 3 aliphatic rings. The topological polar surface area (TPSA) is 113 Å². The minimum absolute atomic E-state index is 0.0143. The summed E-state index contributed by atoms with van der Waals surface area (Å²) in [7, 11) is -0.859. The van der Waals surface area contributed by atoms with E-state index in [0.717, 1.165) is 4.31 Å². The van der Waals surface area contributed by atoms with Crippen molar-refractivity contribution < 1.29 is 18.0 Å². The highest BCUT2D eigenvalue weighted by Crippen LogP contribution is 2.29. The highest BCUT2D eigenvalue weighted by atomic mass is 32.2. The number of benzene rings is 2. The summed E-state index contributed by atoms with van der Waals surface area (Å²) in [5, 5.41) is 3.07. The Hall–Kier alpha value is -2.75. The maximum atomic E-state index is 12.8. The van der Waals surface area contributed by atoms with Gasteiger partial charge in [0.2, 0.25) is 10.0 Å². The fourth-order valence-corrected chi connectivity index (χ4v) is 4.15. The number of rotatable bonds is 4. The first-order valence-electron chi connectivity index (χ1n) is 9.57. The molecular formula is C21H26N4O4S. The molecule has 1 atom stereocenters. The second-order valence-electron chi connectivity index (χ2n) is 7.44. The molecule has 3 N–H and O–H groups in total. The smallest absolute Gasteiger partial charge is 0.256 e. The van der Waals surface area contributed by atoms with Crippen molar-refractivity contribution in [1.29, 1.82) is 0 Å². The second kappa shape index (κ2) is 8.55. The third-order valence-corrected chi connectivity index (χ3v) is 7.04. The Bertz CT molecular complexity index is 1040. The molecule has 1 unspecified atom stereocenters. The molecule has 1 fully saturated rings. The highest BCUT2D eigenvalue weighted by molar-refractivity contribution is 7.89. The summed E-state index contributed by atoms with van der Waals surface area (Å²) in [5.41, 5.74) is 9.00. The first-order valence-corrected chi connectivity index (χ1v) is 11.0. The van der Waals surface area contributed by atoms with Crippen LogP contribution in [0.3, 0.4) is 0 Å². The Morgan fingerprint density at radius 3 is 2.17 bits per heavy atom. The number of amides is 1. The van der Waals surface area contributed by atoms with Crippen molar-refractivity contribution in [3.63, 3.8) is 0 Å². The Kier molecular flexibility index (Phi) is 6.25. The largest absolute Gasteiger partial charge is 0.398 e. The zero-order chi connectivity index (χ0) is 22.1. The molecule has 1 amide bonds. The molecule has 2 aliphatic carbocycles. The van der Waals surface area contributed by atoms with Gasteiger partial charge in [0.25, 0.3) is 5.91 Å². The number of carbonyl (C=O) groups excluding carboxylic acids is 2. The molecule has 1 aromatic rings. The number of carbonyl (C=O) groups is 2. The maximum absolute atomic E-state index is 12.8. The normalized spacial score (nSPS) is 17.2. The number of sulfonamides is 1. The molecule has 1 saturated heterocycles. The number of fused-ring (bicyclic) bond motifs is 1. The van der Waals surface area contributed by atoms with E-state index < -0.39 is 22.0 Å². The van der Waals surface area contributed by atoms with Gasteiger partial charge in [-0.25, -0.2) is 12.7 Å². The number of nitrogens with one attached hydrogen (secondary N) is 1. The van der Waals surface area contributed by atoms with E-state index in [9.17, 15) is 18.0 Å². The lowest BCUT2D eigenvalue weighted by atomic mass is 9.95. The average Bonchev–Trinajstić information content (AvgIpc) is 2.70. The number of nitrogens with two attached hydrogens (primary N) is 1. The number of Topliss-reactive ketones (excluding diaryl/α,β-unsaturated/α-hetero) is 1. The van der Waals surface area contributed by atoms with Crippen molar-refractivity contribution in [2.45, 2.75) is 17.9 Å². The van der Waals surface area contributed by atoms with Crippen molar-refractivity contribution in [3.8, 4) is 11.1 Å². The van der Waals surface area contributed by atoms with Gasteiger partial charge in [0, 0.05) is 39.4 Å². The molecule has 1 aliphatic heterocycles. The molecule has 0 spiro atoms. The van der Waals surface area contributed by atoms with Crippen LogP contribution in [0.5, 0.6) is 0 Å². The SMILES string of the molecule is CC(=O)C1CNCCN1C(=O)c1cc(S(=O)(=O)N(C)C)ccc1N.c1cc2ccc1-2. The van der Waals surface area contributed by atoms with Gasteiger partial charge in [0.05, 0.1) is 10.5 Å². The Balaban J connectivity index is 0.000000357. The minimum Gasteiger partial charge on any atom is -0.398 e. The van der Waals surface area contributed by atoms with Crippen LogP contribution in [-0.4, -0.2) is 69.1 Å². The van der Waals surface area contributed by atoms with Crippen LogP contribution in [0.4, 0.5) is 5.69 Å². The number of nitrogens with zero attached hydrogens (tertiary/aromatic N) is 2. The maximum Gasteiger partial charge on any atom is 0.256 e. The van der Waals surface area contributed by atoms with E-state index in [4.69, 9.17) is 5.73 Å². The van der Waals surface area contributed by atoms with Gasteiger partial charge in [-0.2, -0.15) is 0 Å². The number of hydrogen-bond donors (Lipinski definition) is 2. The summed E-state index contributed by atoms with van der Waals surface area (Å²) in [6, 6.07) is 11.9. The molecule has 0 radical (unpaired) electrons. The van der Waals surface area contributed by atoms with E-state index in [2.05, 4.69) is 29.6 Å². The van der Waals surface area contributed by atoms with E-state index in [-0.39, 0.29) is 21.9 Å². The number of ketones is 1. The fourth-order valence-electron chi connectivity index (χ4n) is 3.22. The molecule has 1 aromatic carbocycles. The Labute approximate surface area is 176 Å². The molecule has 8 nitrogen and oxygen atoms in total. The van der Waals surface area contributed by atoms with Crippen molar-refractivity contribution in [2.24, 2.45) is 0 Å². The fraction of sp³-hybridized carbons (Fsp3) is 0.333. The highest BCUT2D eigenvalue weighted by Gasteiger charge is 2.32. The summed E-state index contributed by atoms with van der Waals surface area (Å²) in [5.74, 6) is -0.573. The lowest BCUT2D eigenvalue weighted by Gasteiger charge is -2.35. The van der Waals surface area contributed by atoms with E-state index in [1.54, 1.807) is 0 Å². The Morgan fingerprint density at radius 1 is 1.10 bits per heavy atom. The molecule has 0 bridgehead atoms. The second-order valence-corrected chi connectivity index (χ2v) is 9.59. The van der Waals surface area contributed by atoms with Gasteiger partial charge in [-0.15, -0.1) is 0 Å². The van der Waals surface area contributed by atoms with Crippen molar-refractivity contribution >= 4 is 27.4 Å². The van der Waals surface area contributed by atoms with Crippen LogP contribution in [0.25, 0.3) is 11.1 Å². The third-order valence-electron chi connectivity index (χ3n) is 5.23. The average molecular weight is 431 g/mol. The first kappa shape index (κ1) is 21.9. The molecule has 1 heterocycles. The predicted molar refractivity (Wildman–Crippen MR) is 116 cm³/mol. The number of nitrogen functional groups attached to an aromatic ring is 1. The van der Waals surface area contributed by atoms with Crippen LogP contribution in [0.2, 0.25) is 0 Å². The van der Waals surface area contributed by atoms with Crippen molar-refractivity contribution in [2.75, 3.05) is 39.5 Å². The van der Waals surface area contributed by atoms with Gasteiger partial charge in [0.15, 0.2) is 5.78 Å². The van der Waals surface area contributed by atoms with Crippen LogP contribution in [-0.2, 0) is 14.8 Å². The standard InChI is InChI=1S/C15H22N4O4S.C6H4/c1-10(20)14-9-17-6-7-19(14)15(21)12-8-11(4-5-13(12)16)24(22,23)18(2)3;1-2-6-4-3-5(1)6/h4-5,8,14,17H,6-7,9,16H2,1-3H3;1-4H. The lowest BCUT2D eigenvalue weighted by molar-refractivity contribution is -0.121. The van der Waals surface area contributed by atoms with Crippen molar-refractivity contribution in [1.82, 2.24) is 14.5 Å². The number of anilines is 1.